The summed E-state index contributed by atoms with van der Waals surface area (Å²) in [7, 11) is 0. The molecule has 112 valence electrons. The Bertz CT molecular complexity index is 620. The summed E-state index contributed by atoms with van der Waals surface area (Å²) in [6.07, 6.45) is 0. The van der Waals surface area contributed by atoms with Gasteiger partial charge in [0.1, 0.15) is 11.6 Å². The second-order valence-corrected chi connectivity index (χ2v) is 4.52. The largest absolute Gasteiger partial charge is 0.434 e. The highest BCUT2D eigenvalue weighted by molar-refractivity contribution is 5.42. The van der Waals surface area contributed by atoms with Gasteiger partial charge in [-0.1, -0.05) is 30.3 Å². The van der Waals surface area contributed by atoms with E-state index in [0.29, 0.717) is 16.7 Å². The maximum atomic E-state index is 13.7. The Morgan fingerprint density at radius 1 is 1.14 bits per heavy atom. The minimum atomic E-state index is -2.95. The number of aryl methyl sites for hydroxylation is 1. The molecular formula is C15H15F3N2O. The fourth-order valence-corrected chi connectivity index (χ4v) is 2.08. The average Bonchev–Trinajstić information content (AvgIpc) is 2.44. The highest BCUT2D eigenvalue weighted by Crippen LogP contribution is 2.31. The number of ether oxygens (including phenoxy) is 1. The van der Waals surface area contributed by atoms with Gasteiger partial charge in [-0.3, -0.25) is 5.84 Å². The van der Waals surface area contributed by atoms with Gasteiger partial charge in [-0.2, -0.15) is 8.78 Å². The number of rotatable bonds is 5. The average molecular weight is 296 g/mol. The van der Waals surface area contributed by atoms with Crippen LogP contribution in [-0.4, -0.2) is 6.61 Å². The van der Waals surface area contributed by atoms with Gasteiger partial charge in [-0.15, -0.1) is 0 Å². The van der Waals surface area contributed by atoms with Crippen LogP contribution in [0.25, 0.3) is 0 Å². The normalized spacial score (nSPS) is 12.5. The van der Waals surface area contributed by atoms with Crippen molar-refractivity contribution in [3.05, 3.63) is 65.0 Å². The van der Waals surface area contributed by atoms with E-state index >= 15 is 0 Å². The number of hydrogen-bond acceptors (Lipinski definition) is 3. The second-order valence-electron chi connectivity index (χ2n) is 4.52. The molecule has 1 unspecified atom stereocenters. The first-order chi connectivity index (χ1) is 10.0. The Kier molecular flexibility index (Phi) is 4.82. The number of alkyl halides is 2. The van der Waals surface area contributed by atoms with Crippen LogP contribution in [0.5, 0.6) is 5.75 Å². The Morgan fingerprint density at radius 2 is 1.86 bits per heavy atom. The number of para-hydroxylation sites is 1. The van der Waals surface area contributed by atoms with Gasteiger partial charge in [-0.05, 0) is 30.2 Å². The van der Waals surface area contributed by atoms with Crippen LogP contribution in [0.1, 0.15) is 22.7 Å². The molecule has 0 heterocycles. The third-order valence-corrected chi connectivity index (χ3v) is 3.14. The van der Waals surface area contributed by atoms with Gasteiger partial charge in [-0.25, -0.2) is 9.82 Å². The summed E-state index contributed by atoms with van der Waals surface area (Å²) in [4.78, 5) is 0. The van der Waals surface area contributed by atoms with Crippen molar-refractivity contribution in [2.24, 2.45) is 5.84 Å². The first-order valence-corrected chi connectivity index (χ1v) is 6.29. The Labute approximate surface area is 120 Å². The lowest BCUT2D eigenvalue weighted by atomic mass is 9.97. The molecule has 0 fully saturated rings. The van der Waals surface area contributed by atoms with Crippen LogP contribution in [0.2, 0.25) is 0 Å². The molecule has 0 saturated heterocycles. The van der Waals surface area contributed by atoms with Crippen molar-refractivity contribution in [2.75, 3.05) is 0 Å². The molecule has 2 aromatic rings. The highest BCUT2D eigenvalue weighted by atomic mass is 19.3. The van der Waals surface area contributed by atoms with Gasteiger partial charge >= 0.3 is 6.61 Å². The summed E-state index contributed by atoms with van der Waals surface area (Å²) >= 11 is 0. The summed E-state index contributed by atoms with van der Waals surface area (Å²) in [5, 5.41) is 0. The van der Waals surface area contributed by atoms with E-state index in [1.54, 1.807) is 37.3 Å². The summed E-state index contributed by atoms with van der Waals surface area (Å²) in [5.41, 5.74) is 3.92. The van der Waals surface area contributed by atoms with Crippen molar-refractivity contribution in [2.45, 2.75) is 19.6 Å². The first kappa shape index (κ1) is 15.3. The maximum Gasteiger partial charge on any atom is 0.387 e. The number of nitrogens with two attached hydrogens (primary N) is 1. The Morgan fingerprint density at radius 3 is 2.48 bits per heavy atom. The number of nitrogens with one attached hydrogen (secondary N) is 1. The van der Waals surface area contributed by atoms with E-state index in [4.69, 9.17) is 5.84 Å². The monoisotopic (exact) mass is 296 g/mol. The molecule has 0 amide bonds. The predicted molar refractivity (Wildman–Crippen MR) is 73.4 cm³/mol. The topological polar surface area (TPSA) is 47.3 Å². The Balaban J connectivity index is 2.43. The molecule has 3 N–H and O–H groups in total. The predicted octanol–water partition coefficient (Wildman–Crippen LogP) is 3.29. The van der Waals surface area contributed by atoms with Crippen molar-refractivity contribution in [3.8, 4) is 5.75 Å². The van der Waals surface area contributed by atoms with Crippen LogP contribution in [0.4, 0.5) is 13.2 Å². The third-order valence-electron chi connectivity index (χ3n) is 3.14. The second kappa shape index (κ2) is 6.60. The molecule has 0 spiro atoms. The molecule has 21 heavy (non-hydrogen) atoms. The first-order valence-electron chi connectivity index (χ1n) is 6.29. The quantitative estimate of drug-likeness (QED) is 0.657. The molecule has 0 aliphatic carbocycles. The van der Waals surface area contributed by atoms with Crippen molar-refractivity contribution in [3.63, 3.8) is 0 Å². The third kappa shape index (κ3) is 3.53. The van der Waals surface area contributed by atoms with E-state index in [2.05, 4.69) is 10.2 Å². The molecule has 6 heteroatoms. The lowest BCUT2D eigenvalue weighted by Gasteiger charge is -2.20. The molecule has 0 bridgehead atoms. The zero-order valence-electron chi connectivity index (χ0n) is 11.3. The molecule has 1 atom stereocenters. The standard InChI is InChI=1S/C15H15F3N2O/c1-9-6-7-10(8-12(9)16)14(20-19)11-4-2-3-5-13(11)21-15(17)18/h2-8,14-15,20H,19H2,1H3. The van der Waals surface area contributed by atoms with Crippen LogP contribution < -0.4 is 16.0 Å². The Hall–Kier alpha value is -2.05. The van der Waals surface area contributed by atoms with Gasteiger partial charge in [0, 0.05) is 5.56 Å². The van der Waals surface area contributed by atoms with E-state index in [9.17, 15) is 13.2 Å². The fourth-order valence-electron chi connectivity index (χ4n) is 2.08. The molecule has 0 aliphatic rings. The highest BCUT2D eigenvalue weighted by Gasteiger charge is 2.19. The molecule has 0 radical (unpaired) electrons. The van der Waals surface area contributed by atoms with E-state index in [-0.39, 0.29) is 11.6 Å². The van der Waals surface area contributed by atoms with Crippen LogP contribution >= 0.6 is 0 Å². The zero-order valence-corrected chi connectivity index (χ0v) is 11.3. The smallest absolute Gasteiger partial charge is 0.387 e. The lowest BCUT2D eigenvalue weighted by Crippen LogP contribution is -2.29. The van der Waals surface area contributed by atoms with Gasteiger partial charge in [0.25, 0.3) is 0 Å². The van der Waals surface area contributed by atoms with Gasteiger partial charge < -0.3 is 4.74 Å². The van der Waals surface area contributed by atoms with Gasteiger partial charge in [0.05, 0.1) is 6.04 Å². The number of halogens is 3. The number of hydrazine groups is 1. The number of hydrogen-bond donors (Lipinski definition) is 2. The summed E-state index contributed by atoms with van der Waals surface area (Å²) in [6.45, 7) is -1.31. The van der Waals surface area contributed by atoms with Crippen LogP contribution in [0.15, 0.2) is 42.5 Å². The van der Waals surface area contributed by atoms with Crippen molar-refractivity contribution < 1.29 is 17.9 Å². The van der Waals surface area contributed by atoms with Crippen molar-refractivity contribution >= 4 is 0 Å². The molecule has 3 nitrogen and oxygen atoms in total. The fraction of sp³-hybridized carbons (Fsp3) is 0.200. The van der Waals surface area contributed by atoms with E-state index in [0.717, 1.165) is 0 Å². The zero-order chi connectivity index (χ0) is 15.4. The van der Waals surface area contributed by atoms with Crippen LogP contribution in [-0.2, 0) is 0 Å². The number of benzene rings is 2. The van der Waals surface area contributed by atoms with Crippen LogP contribution in [0.3, 0.4) is 0 Å². The summed E-state index contributed by atoms with van der Waals surface area (Å²) in [6, 6.07) is 10.2. The maximum absolute atomic E-state index is 13.7. The SMILES string of the molecule is Cc1ccc(C(NN)c2ccccc2OC(F)F)cc1F. The molecular weight excluding hydrogens is 281 g/mol. The van der Waals surface area contributed by atoms with Gasteiger partial charge in [0.2, 0.25) is 0 Å². The minimum absolute atomic E-state index is 0.00330. The molecule has 0 aromatic heterocycles. The van der Waals surface area contributed by atoms with E-state index in [1.807, 2.05) is 0 Å². The lowest BCUT2D eigenvalue weighted by molar-refractivity contribution is -0.0506. The molecule has 2 aromatic carbocycles. The van der Waals surface area contributed by atoms with E-state index in [1.165, 1.54) is 12.1 Å². The molecule has 0 saturated carbocycles. The van der Waals surface area contributed by atoms with Crippen molar-refractivity contribution in [1.82, 2.24) is 5.43 Å². The molecule has 2 rings (SSSR count). The van der Waals surface area contributed by atoms with Crippen LogP contribution in [0, 0.1) is 12.7 Å². The van der Waals surface area contributed by atoms with Gasteiger partial charge in [0.15, 0.2) is 0 Å². The summed E-state index contributed by atoms with van der Waals surface area (Å²) in [5.74, 6) is 5.12. The molecule has 0 aliphatic heterocycles. The van der Waals surface area contributed by atoms with Crippen molar-refractivity contribution in [1.29, 1.82) is 0 Å². The van der Waals surface area contributed by atoms with E-state index < -0.39 is 12.7 Å². The summed E-state index contributed by atoms with van der Waals surface area (Å²) < 4.78 is 43.1. The minimum Gasteiger partial charge on any atom is -0.434 e.